The Morgan fingerprint density at radius 2 is 1.39 bits per heavy atom. The highest BCUT2D eigenvalue weighted by Gasteiger charge is 2.25. The molecule has 0 aromatic heterocycles. The zero-order chi connectivity index (χ0) is 25.9. The van der Waals surface area contributed by atoms with Crippen molar-refractivity contribution in [3.63, 3.8) is 0 Å². The number of nitrogens with zero attached hydrogens (tertiary/aromatic N) is 1. The minimum absolute atomic E-state index is 0.0137. The van der Waals surface area contributed by atoms with Gasteiger partial charge >= 0.3 is 0 Å². The predicted molar refractivity (Wildman–Crippen MR) is 142 cm³/mol. The van der Waals surface area contributed by atoms with Crippen LogP contribution in [0.15, 0.2) is 71.6 Å². The molecule has 0 unspecified atom stereocenters. The van der Waals surface area contributed by atoms with E-state index in [1.807, 2.05) is 0 Å². The smallest absolute Gasteiger partial charge is 0.261 e. The van der Waals surface area contributed by atoms with E-state index >= 15 is 0 Å². The maximum Gasteiger partial charge on any atom is 0.261 e. The van der Waals surface area contributed by atoms with Gasteiger partial charge in [0.25, 0.3) is 15.9 Å². The topological polar surface area (TPSA) is 113 Å². The van der Waals surface area contributed by atoms with Crippen LogP contribution in [0.1, 0.15) is 28.8 Å². The van der Waals surface area contributed by atoms with Crippen LogP contribution in [0.5, 0.6) is 0 Å². The fraction of sp³-hybridized carbons (Fsp3) is 0.208. The van der Waals surface area contributed by atoms with Crippen LogP contribution < -0.4 is 10.0 Å². The molecule has 2 N–H and O–H groups in total. The molecule has 1 aliphatic rings. The number of sulfonamides is 2. The van der Waals surface area contributed by atoms with Crippen LogP contribution in [0, 0.1) is 0 Å². The summed E-state index contributed by atoms with van der Waals surface area (Å²) in [5.74, 6) is -0.522. The van der Waals surface area contributed by atoms with Crippen molar-refractivity contribution in [3.8, 4) is 0 Å². The molecule has 4 rings (SSSR count). The van der Waals surface area contributed by atoms with Crippen molar-refractivity contribution < 1.29 is 21.6 Å². The highest BCUT2D eigenvalue weighted by Crippen LogP contribution is 2.25. The number of nitrogens with one attached hydrogen (secondary N) is 2. The van der Waals surface area contributed by atoms with Crippen molar-refractivity contribution >= 4 is 60.5 Å². The molecule has 36 heavy (non-hydrogen) atoms. The van der Waals surface area contributed by atoms with Gasteiger partial charge in [0.15, 0.2) is 0 Å². The lowest BCUT2D eigenvalue weighted by atomic mass is 10.1. The van der Waals surface area contributed by atoms with E-state index < -0.39 is 26.0 Å². The highest BCUT2D eigenvalue weighted by molar-refractivity contribution is 7.92. The van der Waals surface area contributed by atoms with Crippen molar-refractivity contribution in [2.75, 3.05) is 23.1 Å². The van der Waals surface area contributed by atoms with Crippen LogP contribution in [0.2, 0.25) is 10.0 Å². The average Bonchev–Trinajstić information content (AvgIpc) is 3.35. The third-order valence-electron chi connectivity index (χ3n) is 5.56. The number of anilines is 2. The molecule has 1 heterocycles. The molecule has 0 spiro atoms. The van der Waals surface area contributed by atoms with E-state index in [0.29, 0.717) is 39.9 Å². The number of rotatable bonds is 8. The quantitative estimate of drug-likeness (QED) is 0.399. The van der Waals surface area contributed by atoms with Crippen LogP contribution in [0.25, 0.3) is 0 Å². The SMILES string of the molecule is O=C(Nc1ccc(S(=O)(=O)Nc2cc(Cl)cc(Cl)c2)cc1)c1ccc(CS(=O)(=O)N2CCCC2)cc1. The lowest BCUT2D eigenvalue weighted by Crippen LogP contribution is -2.29. The number of carbonyl (C=O) groups excluding carboxylic acids is 1. The lowest BCUT2D eigenvalue weighted by Gasteiger charge is -2.15. The van der Waals surface area contributed by atoms with E-state index in [2.05, 4.69) is 10.0 Å². The Balaban J connectivity index is 1.39. The number of hydrogen-bond donors (Lipinski definition) is 2. The van der Waals surface area contributed by atoms with Gasteiger partial charge in [-0.1, -0.05) is 35.3 Å². The Labute approximate surface area is 220 Å². The maximum absolute atomic E-state index is 12.7. The second kappa shape index (κ2) is 10.8. The molecule has 8 nitrogen and oxygen atoms in total. The number of benzene rings is 3. The molecule has 0 bridgehead atoms. The summed E-state index contributed by atoms with van der Waals surface area (Å²) < 4.78 is 54.2. The number of halogens is 2. The van der Waals surface area contributed by atoms with Crippen LogP contribution in [0.3, 0.4) is 0 Å². The summed E-state index contributed by atoms with van der Waals surface area (Å²) in [6.45, 7) is 1.10. The Hall–Kier alpha value is -2.63. The van der Waals surface area contributed by atoms with Gasteiger partial charge in [0, 0.05) is 34.4 Å². The molecule has 0 radical (unpaired) electrons. The third kappa shape index (κ3) is 6.57. The summed E-state index contributed by atoms with van der Waals surface area (Å²) in [6, 6.07) is 16.4. The van der Waals surface area contributed by atoms with Crippen LogP contribution in [0.4, 0.5) is 11.4 Å². The van der Waals surface area contributed by atoms with E-state index in [1.54, 1.807) is 24.3 Å². The largest absolute Gasteiger partial charge is 0.322 e. The standard InChI is InChI=1S/C24H23Cl2N3O5S2/c25-19-13-20(26)15-22(14-19)28-36(33,34)23-9-7-21(8-10-23)27-24(30)18-5-3-17(4-6-18)16-35(31,32)29-11-1-2-12-29/h3-10,13-15,28H,1-2,11-12,16H2,(H,27,30). The van der Waals surface area contributed by atoms with Gasteiger partial charge in [-0.15, -0.1) is 0 Å². The Bertz CT molecular complexity index is 1450. The fourth-order valence-corrected chi connectivity index (χ4v) is 6.95. The molecule has 0 atom stereocenters. The van der Waals surface area contributed by atoms with Gasteiger partial charge in [0.2, 0.25) is 10.0 Å². The first-order valence-corrected chi connectivity index (χ1v) is 14.8. The molecular weight excluding hydrogens is 545 g/mol. The normalized spacial score (nSPS) is 14.5. The molecule has 3 aromatic rings. The van der Waals surface area contributed by atoms with Crippen molar-refractivity contribution in [2.45, 2.75) is 23.5 Å². The van der Waals surface area contributed by atoms with Crippen molar-refractivity contribution in [2.24, 2.45) is 0 Å². The van der Waals surface area contributed by atoms with Crippen LogP contribution in [-0.4, -0.2) is 40.1 Å². The van der Waals surface area contributed by atoms with Crippen molar-refractivity contribution in [1.29, 1.82) is 0 Å². The molecule has 1 saturated heterocycles. The zero-order valence-electron chi connectivity index (χ0n) is 18.9. The number of amides is 1. The first kappa shape index (κ1) is 26.4. The fourth-order valence-electron chi connectivity index (χ4n) is 3.77. The molecule has 0 aliphatic carbocycles. The Kier molecular flexibility index (Phi) is 7.91. The first-order chi connectivity index (χ1) is 17.0. The van der Waals surface area contributed by atoms with Crippen LogP contribution >= 0.6 is 23.2 Å². The summed E-state index contributed by atoms with van der Waals surface area (Å²) in [4.78, 5) is 12.6. The van der Waals surface area contributed by atoms with E-state index in [1.165, 1.54) is 46.8 Å². The summed E-state index contributed by atoms with van der Waals surface area (Å²) >= 11 is 11.8. The molecule has 190 valence electrons. The molecular formula is C24H23Cl2N3O5S2. The minimum atomic E-state index is -3.90. The number of hydrogen-bond acceptors (Lipinski definition) is 5. The van der Waals surface area contributed by atoms with E-state index in [-0.39, 0.29) is 16.3 Å². The molecule has 1 aliphatic heterocycles. The first-order valence-electron chi connectivity index (χ1n) is 11.0. The molecule has 3 aromatic carbocycles. The molecule has 0 saturated carbocycles. The summed E-state index contributed by atoms with van der Waals surface area (Å²) in [7, 11) is -7.27. The third-order valence-corrected chi connectivity index (χ3v) is 9.24. The minimum Gasteiger partial charge on any atom is -0.322 e. The van der Waals surface area contributed by atoms with Gasteiger partial charge in [0.1, 0.15) is 0 Å². The van der Waals surface area contributed by atoms with Gasteiger partial charge in [-0.3, -0.25) is 9.52 Å². The van der Waals surface area contributed by atoms with Gasteiger partial charge in [-0.05, 0) is 73.0 Å². The van der Waals surface area contributed by atoms with Gasteiger partial charge in [0.05, 0.1) is 16.3 Å². The number of carbonyl (C=O) groups is 1. The lowest BCUT2D eigenvalue weighted by molar-refractivity contribution is 0.102. The van der Waals surface area contributed by atoms with E-state index in [9.17, 15) is 21.6 Å². The summed E-state index contributed by atoms with van der Waals surface area (Å²) in [5, 5.41) is 3.28. The molecule has 1 amide bonds. The molecule has 1 fully saturated rings. The second-order valence-electron chi connectivity index (χ2n) is 8.30. The summed E-state index contributed by atoms with van der Waals surface area (Å²) in [6.07, 6.45) is 1.75. The Morgan fingerprint density at radius 1 is 0.806 bits per heavy atom. The Morgan fingerprint density at radius 3 is 1.97 bits per heavy atom. The maximum atomic E-state index is 12.7. The highest BCUT2D eigenvalue weighted by atomic mass is 35.5. The van der Waals surface area contributed by atoms with Gasteiger partial charge < -0.3 is 5.32 Å². The summed E-state index contributed by atoms with van der Waals surface area (Å²) in [5.41, 5.74) is 1.56. The predicted octanol–water partition coefficient (Wildman–Crippen LogP) is 4.97. The van der Waals surface area contributed by atoms with Crippen LogP contribution in [-0.2, 0) is 25.8 Å². The average molecular weight is 569 g/mol. The second-order valence-corrected chi connectivity index (χ2v) is 12.8. The van der Waals surface area contributed by atoms with E-state index in [0.717, 1.165) is 12.8 Å². The van der Waals surface area contributed by atoms with Crippen molar-refractivity contribution in [3.05, 3.63) is 87.9 Å². The van der Waals surface area contributed by atoms with Gasteiger partial charge in [-0.25, -0.2) is 21.1 Å². The molecule has 12 heteroatoms. The van der Waals surface area contributed by atoms with Gasteiger partial charge in [-0.2, -0.15) is 0 Å². The van der Waals surface area contributed by atoms with E-state index in [4.69, 9.17) is 23.2 Å². The zero-order valence-corrected chi connectivity index (χ0v) is 22.1. The monoisotopic (exact) mass is 567 g/mol. The van der Waals surface area contributed by atoms with Crippen molar-refractivity contribution in [1.82, 2.24) is 4.31 Å².